The minimum atomic E-state index is -4.36. The Kier molecular flexibility index (Phi) is 6.81. The Morgan fingerprint density at radius 1 is 1.19 bits per heavy atom. The molecule has 0 aliphatic heterocycles. The lowest BCUT2D eigenvalue weighted by molar-refractivity contribution is -0.137. The van der Waals surface area contributed by atoms with Gasteiger partial charge in [-0.3, -0.25) is 4.79 Å². The van der Waals surface area contributed by atoms with Crippen molar-refractivity contribution in [1.82, 2.24) is 5.32 Å². The molecule has 0 atom stereocenters. The summed E-state index contributed by atoms with van der Waals surface area (Å²) < 4.78 is 42.5. The number of benzene rings is 1. The molecule has 0 unspecified atom stereocenters. The predicted molar refractivity (Wildman–Crippen MR) is 96.8 cm³/mol. The molecule has 0 spiro atoms. The van der Waals surface area contributed by atoms with E-state index in [9.17, 15) is 18.0 Å². The van der Waals surface area contributed by atoms with E-state index < -0.39 is 16.5 Å². The first-order valence-corrected chi connectivity index (χ1v) is 9.14. The maximum absolute atomic E-state index is 12.6. The minimum Gasteiger partial charge on any atom is -0.492 e. The topological polar surface area (TPSA) is 38.3 Å². The first-order chi connectivity index (χ1) is 12.2. The van der Waals surface area contributed by atoms with Crippen molar-refractivity contribution in [2.45, 2.75) is 42.5 Å². The number of amides is 1. The molecular weight excluding hydrogens is 363 g/mol. The van der Waals surface area contributed by atoms with Crippen LogP contribution in [-0.2, 0) is 15.7 Å². The quantitative estimate of drug-likeness (QED) is 0.534. The van der Waals surface area contributed by atoms with Gasteiger partial charge in [-0.15, -0.1) is 11.8 Å². The summed E-state index contributed by atoms with van der Waals surface area (Å²) in [6.45, 7) is 4.19. The van der Waals surface area contributed by atoms with Gasteiger partial charge in [-0.05, 0) is 63.1 Å². The van der Waals surface area contributed by atoms with Crippen LogP contribution < -0.4 is 5.32 Å². The number of alkyl halides is 3. The average molecular weight is 385 g/mol. The second-order valence-corrected chi connectivity index (χ2v) is 8.02. The van der Waals surface area contributed by atoms with Crippen LogP contribution >= 0.6 is 11.8 Å². The molecule has 0 saturated carbocycles. The number of carbonyl (C=O) groups excluding carboxylic acids is 1. The number of thioether (sulfide) groups is 1. The van der Waals surface area contributed by atoms with E-state index >= 15 is 0 Å². The van der Waals surface area contributed by atoms with Gasteiger partial charge in [0.25, 0.3) is 0 Å². The smallest absolute Gasteiger partial charge is 0.416 e. The monoisotopic (exact) mass is 385 g/mol. The van der Waals surface area contributed by atoms with Gasteiger partial charge in [0.1, 0.15) is 12.4 Å². The van der Waals surface area contributed by atoms with E-state index in [4.69, 9.17) is 4.74 Å². The van der Waals surface area contributed by atoms with Crippen LogP contribution in [0.4, 0.5) is 13.2 Å². The number of rotatable bonds is 7. The Labute approximate surface area is 155 Å². The van der Waals surface area contributed by atoms with Crippen LogP contribution in [0.15, 0.2) is 53.1 Å². The summed E-state index contributed by atoms with van der Waals surface area (Å²) in [6.07, 6.45) is 3.56. The van der Waals surface area contributed by atoms with Crippen LogP contribution in [0.5, 0.6) is 0 Å². The molecule has 1 amide bonds. The zero-order valence-electron chi connectivity index (χ0n) is 14.7. The predicted octanol–water partition coefficient (Wildman–Crippen LogP) is 4.94. The van der Waals surface area contributed by atoms with Crippen LogP contribution in [0.1, 0.15) is 32.3 Å². The molecule has 7 heteroatoms. The molecule has 1 N–H and O–H groups in total. The molecule has 2 rings (SSSR count). The summed E-state index contributed by atoms with van der Waals surface area (Å²) in [5.41, 5.74) is -0.702. The molecule has 0 radical (unpaired) electrons. The van der Waals surface area contributed by atoms with Crippen molar-refractivity contribution >= 4 is 17.7 Å². The van der Waals surface area contributed by atoms with Crippen LogP contribution in [0.3, 0.4) is 0 Å². The highest BCUT2D eigenvalue weighted by atomic mass is 32.2. The molecule has 1 aromatic rings. The molecule has 26 heavy (non-hydrogen) atoms. The second-order valence-electron chi connectivity index (χ2n) is 6.33. The summed E-state index contributed by atoms with van der Waals surface area (Å²) in [7, 11) is 0. The molecule has 0 aromatic heterocycles. The van der Waals surface area contributed by atoms with Crippen molar-refractivity contribution in [3.8, 4) is 0 Å². The molecule has 0 heterocycles. The van der Waals surface area contributed by atoms with Crippen molar-refractivity contribution in [3.05, 3.63) is 53.8 Å². The number of nitrogens with one attached hydrogen (secondary N) is 1. The van der Waals surface area contributed by atoms with Gasteiger partial charge in [0.05, 0.1) is 16.9 Å². The van der Waals surface area contributed by atoms with E-state index in [2.05, 4.69) is 5.32 Å². The highest BCUT2D eigenvalue weighted by molar-refractivity contribution is 8.01. The number of hydrogen-bond donors (Lipinski definition) is 1. The van der Waals surface area contributed by atoms with E-state index in [1.807, 2.05) is 18.2 Å². The summed E-state index contributed by atoms with van der Waals surface area (Å²) in [5.74, 6) is 0.614. The van der Waals surface area contributed by atoms with Crippen LogP contribution in [-0.4, -0.2) is 23.8 Å². The van der Waals surface area contributed by atoms with E-state index in [-0.39, 0.29) is 5.91 Å². The SMILES string of the molecule is CC(C)(Sc1ccc(C(F)(F)F)cc1)C(=O)NCCOC1=CCCC=C1. The molecule has 1 aliphatic rings. The van der Waals surface area contributed by atoms with E-state index in [1.165, 1.54) is 23.9 Å². The number of ether oxygens (including phenoxy) is 1. The first kappa shape index (κ1) is 20.4. The normalized spacial score (nSPS) is 14.7. The van der Waals surface area contributed by atoms with Crippen molar-refractivity contribution < 1.29 is 22.7 Å². The Hall–Kier alpha value is -1.89. The summed E-state index contributed by atoms with van der Waals surface area (Å²) in [6, 6.07) is 4.81. The fourth-order valence-corrected chi connectivity index (χ4v) is 3.32. The highest BCUT2D eigenvalue weighted by Crippen LogP contribution is 2.35. The molecule has 142 valence electrons. The van der Waals surface area contributed by atoms with Crippen LogP contribution in [0.2, 0.25) is 0 Å². The van der Waals surface area contributed by atoms with E-state index in [0.29, 0.717) is 18.0 Å². The van der Waals surface area contributed by atoms with Crippen molar-refractivity contribution in [2.75, 3.05) is 13.2 Å². The Morgan fingerprint density at radius 2 is 1.88 bits per heavy atom. The molecule has 0 saturated heterocycles. The Bertz CT molecular complexity index is 679. The number of halogens is 3. The number of hydrogen-bond acceptors (Lipinski definition) is 3. The molecule has 1 aromatic carbocycles. The van der Waals surface area contributed by atoms with Gasteiger partial charge >= 0.3 is 6.18 Å². The van der Waals surface area contributed by atoms with Crippen molar-refractivity contribution in [3.63, 3.8) is 0 Å². The standard InChI is InChI=1S/C19H22F3NO2S/c1-18(2,26-16-10-8-14(9-11-16)19(20,21)22)17(24)23-12-13-25-15-6-4-3-5-7-15/h4,6-11H,3,5,12-13H2,1-2H3,(H,23,24). The number of carbonyl (C=O) groups is 1. The number of allylic oxidation sites excluding steroid dienone is 3. The molecular formula is C19H22F3NO2S. The maximum atomic E-state index is 12.6. The minimum absolute atomic E-state index is 0.195. The van der Waals surface area contributed by atoms with Gasteiger partial charge in [0.2, 0.25) is 5.91 Å². The lowest BCUT2D eigenvalue weighted by atomic mass is 10.2. The van der Waals surface area contributed by atoms with Crippen molar-refractivity contribution in [2.24, 2.45) is 0 Å². The summed E-state index contributed by atoms with van der Waals surface area (Å²) >= 11 is 1.22. The third kappa shape index (κ3) is 6.12. The summed E-state index contributed by atoms with van der Waals surface area (Å²) in [5, 5.41) is 2.80. The van der Waals surface area contributed by atoms with E-state index in [1.54, 1.807) is 13.8 Å². The van der Waals surface area contributed by atoms with Crippen LogP contribution in [0, 0.1) is 0 Å². The van der Waals surface area contributed by atoms with Crippen molar-refractivity contribution in [1.29, 1.82) is 0 Å². The highest BCUT2D eigenvalue weighted by Gasteiger charge is 2.31. The molecule has 1 aliphatic carbocycles. The van der Waals surface area contributed by atoms with Gasteiger partial charge in [0.15, 0.2) is 0 Å². The average Bonchev–Trinajstić information content (AvgIpc) is 2.58. The van der Waals surface area contributed by atoms with Crippen LogP contribution in [0.25, 0.3) is 0 Å². The fraction of sp³-hybridized carbons (Fsp3) is 0.421. The Balaban J connectivity index is 1.81. The van der Waals surface area contributed by atoms with Gasteiger partial charge in [0, 0.05) is 4.90 Å². The zero-order chi connectivity index (χ0) is 19.2. The third-order valence-electron chi connectivity index (χ3n) is 3.72. The van der Waals surface area contributed by atoms with Gasteiger partial charge in [-0.2, -0.15) is 13.2 Å². The lowest BCUT2D eigenvalue weighted by Crippen LogP contribution is -2.41. The maximum Gasteiger partial charge on any atom is 0.416 e. The zero-order valence-corrected chi connectivity index (χ0v) is 15.5. The molecule has 3 nitrogen and oxygen atoms in total. The van der Waals surface area contributed by atoms with Gasteiger partial charge in [-0.1, -0.05) is 6.08 Å². The van der Waals surface area contributed by atoms with E-state index in [0.717, 1.165) is 30.7 Å². The molecule has 0 bridgehead atoms. The Morgan fingerprint density at radius 3 is 2.46 bits per heavy atom. The van der Waals surface area contributed by atoms with Gasteiger partial charge in [-0.25, -0.2) is 0 Å². The molecule has 0 fully saturated rings. The lowest BCUT2D eigenvalue weighted by Gasteiger charge is -2.23. The summed E-state index contributed by atoms with van der Waals surface area (Å²) in [4.78, 5) is 13.0. The fourth-order valence-electron chi connectivity index (χ4n) is 2.30. The largest absolute Gasteiger partial charge is 0.492 e. The first-order valence-electron chi connectivity index (χ1n) is 8.32. The second kappa shape index (κ2) is 8.66. The van der Waals surface area contributed by atoms with Gasteiger partial charge < -0.3 is 10.1 Å². The third-order valence-corrected chi connectivity index (χ3v) is 4.92.